The van der Waals surface area contributed by atoms with Crippen LogP contribution in [0.5, 0.6) is 5.75 Å². The lowest BCUT2D eigenvalue weighted by atomic mass is 10.2. The zero-order valence-corrected chi connectivity index (χ0v) is 11.5. The first-order chi connectivity index (χ1) is 9.47. The fourth-order valence-electron chi connectivity index (χ4n) is 1.49. The molecule has 0 fully saturated rings. The number of rotatable bonds is 5. The van der Waals surface area contributed by atoms with E-state index >= 15 is 0 Å². The Bertz CT molecular complexity index is 666. The summed E-state index contributed by atoms with van der Waals surface area (Å²) in [7, 11) is 0. The van der Waals surface area contributed by atoms with E-state index in [2.05, 4.69) is 15.9 Å². The Labute approximate surface area is 121 Å². The van der Waals surface area contributed by atoms with Crippen LogP contribution in [0.1, 0.15) is 16.1 Å². The highest BCUT2D eigenvalue weighted by Gasteiger charge is 2.18. The van der Waals surface area contributed by atoms with Crippen molar-refractivity contribution in [3.63, 3.8) is 0 Å². The minimum absolute atomic E-state index is 0.0461. The van der Waals surface area contributed by atoms with Crippen LogP contribution in [-0.2, 0) is 6.61 Å². The fraction of sp³-hybridized carbons (Fsp3) is 0.0833. The van der Waals surface area contributed by atoms with Crippen LogP contribution >= 0.6 is 15.9 Å². The third-order valence-corrected chi connectivity index (χ3v) is 2.83. The molecule has 0 bridgehead atoms. The average molecular weight is 342 g/mol. The van der Waals surface area contributed by atoms with Gasteiger partial charge in [-0.2, -0.15) is 0 Å². The predicted molar refractivity (Wildman–Crippen MR) is 70.8 cm³/mol. The van der Waals surface area contributed by atoms with Gasteiger partial charge in [0.05, 0.1) is 10.5 Å². The van der Waals surface area contributed by atoms with Crippen LogP contribution in [0, 0.1) is 10.1 Å². The molecule has 0 atom stereocenters. The molecular weight excluding hydrogens is 334 g/mol. The molecule has 0 saturated heterocycles. The maximum Gasteiger partial charge on any atom is 0.335 e. The summed E-state index contributed by atoms with van der Waals surface area (Å²) in [5.74, 6) is -0.861. The van der Waals surface area contributed by atoms with Crippen LogP contribution in [0.25, 0.3) is 0 Å². The van der Waals surface area contributed by atoms with Gasteiger partial charge in [0.25, 0.3) is 0 Å². The number of ether oxygens (including phenoxy) is 1. The molecule has 20 heavy (non-hydrogen) atoms. The molecule has 1 heterocycles. The number of hydrogen-bond donors (Lipinski definition) is 1. The highest BCUT2D eigenvalue weighted by atomic mass is 79.9. The molecule has 0 amide bonds. The first-order valence-electron chi connectivity index (χ1n) is 5.36. The Kier molecular flexibility index (Phi) is 4.04. The monoisotopic (exact) mass is 341 g/mol. The molecule has 1 aromatic heterocycles. The average Bonchev–Trinajstić information content (AvgIpc) is 2.81. The highest BCUT2D eigenvalue weighted by Crippen LogP contribution is 2.29. The minimum atomic E-state index is -1.19. The summed E-state index contributed by atoms with van der Waals surface area (Å²) in [6.45, 7) is -0.0461. The molecule has 0 spiro atoms. The molecule has 2 aromatic rings. The lowest BCUT2D eigenvalue weighted by Gasteiger charge is -2.06. The lowest BCUT2D eigenvalue weighted by Crippen LogP contribution is -2.02. The van der Waals surface area contributed by atoms with Crippen LogP contribution in [0.3, 0.4) is 0 Å². The van der Waals surface area contributed by atoms with Gasteiger partial charge in [0.1, 0.15) is 12.4 Å². The summed E-state index contributed by atoms with van der Waals surface area (Å²) in [4.78, 5) is 21.1. The Hall–Kier alpha value is -2.35. The van der Waals surface area contributed by atoms with Gasteiger partial charge in [-0.15, -0.1) is 0 Å². The number of aromatic carboxylic acids is 1. The fourth-order valence-corrected chi connectivity index (χ4v) is 1.83. The van der Waals surface area contributed by atoms with Gasteiger partial charge in [-0.3, -0.25) is 10.1 Å². The van der Waals surface area contributed by atoms with Crippen molar-refractivity contribution in [1.82, 2.24) is 0 Å². The topological polar surface area (TPSA) is 103 Å². The third kappa shape index (κ3) is 3.15. The summed E-state index contributed by atoms with van der Waals surface area (Å²) >= 11 is 3.12. The molecule has 0 saturated carbocycles. The van der Waals surface area contributed by atoms with E-state index < -0.39 is 10.9 Å². The van der Waals surface area contributed by atoms with Gasteiger partial charge in [0, 0.05) is 12.1 Å². The van der Waals surface area contributed by atoms with Crippen molar-refractivity contribution in [2.24, 2.45) is 0 Å². The largest absolute Gasteiger partial charge is 0.479 e. The number of carboxylic acid groups (broad SMARTS) is 1. The minimum Gasteiger partial charge on any atom is -0.479 e. The molecule has 1 aromatic carbocycles. The third-order valence-electron chi connectivity index (χ3n) is 2.40. The number of benzene rings is 1. The predicted octanol–water partition coefficient (Wildman–Crippen LogP) is 3.23. The Balaban J connectivity index is 2.25. The van der Waals surface area contributed by atoms with Crippen molar-refractivity contribution in [1.29, 1.82) is 0 Å². The first kappa shape index (κ1) is 14.1. The number of nitro groups is 1. The quantitative estimate of drug-likeness (QED) is 0.661. The van der Waals surface area contributed by atoms with E-state index in [1.165, 1.54) is 0 Å². The molecule has 0 radical (unpaired) electrons. The number of carboxylic acids is 1. The second-order valence-electron chi connectivity index (χ2n) is 3.74. The van der Waals surface area contributed by atoms with Gasteiger partial charge >= 0.3 is 11.7 Å². The second-order valence-corrected chi connectivity index (χ2v) is 4.52. The van der Waals surface area contributed by atoms with E-state index in [-0.39, 0.29) is 23.6 Å². The summed E-state index contributed by atoms with van der Waals surface area (Å²) in [5.41, 5.74) is -0.396. The van der Waals surface area contributed by atoms with Crippen molar-refractivity contribution in [3.8, 4) is 5.75 Å². The van der Waals surface area contributed by atoms with Crippen LogP contribution in [0.2, 0.25) is 0 Å². The van der Waals surface area contributed by atoms with E-state index in [4.69, 9.17) is 14.3 Å². The molecule has 7 nitrogen and oxygen atoms in total. The molecule has 0 unspecified atom stereocenters. The van der Waals surface area contributed by atoms with E-state index in [1.54, 1.807) is 12.1 Å². The molecule has 0 aliphatic rings. The van der Waals surface area contributed by atoms with E-state index in [0.717, 1.165) is 18.2 Å². The number of halogens is 1. The molecule has 104 valence electrons. The van der Waals surface area contributed by atoms with E-state index in [9.17, 15) is 14.9 Å². The van der Waals surface area contributed by atoms with Crippen molar-refractivity contribution < 1.29 is 24.0 Å². The molecule has 1 N–H and O–H groups in total. The molecule has 0 aliphatic heterocycles. The van der Waals surface area contributed by atoms with Crippen molar-refractivity contribution in [2.75, 3.05) is 0 Å². The van der Waals surface area contributed by atoms with Crippen molar-refractivity contribution in [3.05, 3.63) is 56.4 Å². The zero-order valence-electron chi connectivity index (χ0n) is 9.91. The normalized spacial score (nSPS) is 10.2. The number of nitro benzene ring substituents is 1. The smallest absolute Gasteiger partial charge is 0.335 e. The summed E-state index contributed by atoms with van der Waals surface area (Å²) in [5, 5.41) is 19.7. The SMILES string of the molecule is O=C(O)c1ccc([N+](=O)[O-])c(OCc2ccc(Br)o2)c1. The Morgan fingerprint density at radius 1 is 1.40 bits per heavy atom. The molecule has 2 rings (SSSR count). The van der Waals surface area contributed by atoms with Crippen LogP contribution in [0.4, 0.5) is 5.69 Å². The standard InChI is InChI=1S/C12H8BrNO6/c13-11-4-2-8(20-11)6-19-10-5-7(12(15)16)1-3-9(10)14(17)18/h1-5H,6H2,(H,15,16). The number of carbonyl (C=O) groups is 1. The van der Waals surface area contributed by atoms with E-state index in [1.807, 2.05) is 0 Å². The zero-order chi connectivity index (χ0) is 14.7. The first-order valence-corrected chi connectivity index (χ1v) is 6.15. The van der Waals surface area contributed by atoms with Gasteiger partial charge in [-0.05, 0) is 34.1 Å². The van der Waals surface area contributed by atoms with Crippen LogP contribution < -0.4 is 4.74 Å². The molecule has 8 heteroatoms. The maximum atomic E-state index is 10.9. The van der Waals surface area contributed by atoms with Gasteiger partial charge in [0.2, 0.25) is 0 Å². The van der Waals surface area contributed by atoms with Crippen molar-refractivity contribution in [2.45, 2.75) is 6.61 Å². The Morgan fingerprint density at radius 3 is 2.70 bits per heavy atom. The van der Waals surface area contributed by atoms with Crippen molar-refractivity contribution >= 4 is 27.6 Å². The molecule has 0 aliphatic carbocycles. The number of hydrogen-bond acceptors (Lipinski definition) is 5. The summed E-state index contributed by atoms with van der Waals surface area (Å²) < 4.78 is 11.0. The Morgan fingerprint density at radius 2 is 2.15 bits per heavy atom. The number of furan rings is 1. The molecular formula is C12H8BrNO6. The highest BCUT2D eigenvalue weighted by molar-refractivity contribution is 9.10. The maximum absolute atomic E-state index is 10.9. The lowest BCUT2D eigenvalue weighted by molar-refractivity contribution is -0.386. The van der Waals surface area contributed by atoms with Gasteiger partial charge in [-0.1, -0.05) is 0 Å². The van der Waals surface area contributed by atoms with E-state index in [0.29, 0.717) is 10.4 Å². The van der Waals surface area contributed by atoms with Gasteiger partial charge in [0.15, 0.2) is 10.4 Å². The van der Waals surface area contributed by atoms with Crippen LogP contribution in [-0.4, -0.2) is 16.0 Å². The summed E-state index contributed by atoms with van der Waals surface area (Å²) in [6, 6.07) is 6.64. The van der Waals surface area contributed by atoms with Gasteiger partial charge < -0.3 is 14.3 Å². The second kappa shape index (κ2) is 5.74. The van der Waals surface area contributed by atoms with Gasteiger partial charge in [-0.25, -0.2) is 4.79 Å². The number of nitrogens with zero attached hydrogens (tertiary/aromatic N) is 1. The summed E-state index contributed by atoms with van der Waals surface area (Å²) in [6.07, 6.45) is 0. The van der Waals surface area contributed by atoms with Crippen LogP contribution in [0.15, 0.2) is 39.4 Å².